The summed E-state index contributed by atoms with van der Waals surface area (Å²) >= 11 is 0. The number of hydrogen-bond acceptors (Lipinski definition) is 2. The lowest BCUT2D eigenvalue weighted by Gasteiger charge is -2.13. The molecule has 0 saturated carbocycles. The summed E-state index contributed by atoms with van der Waals surface area (Å²) in [5.74, 6) is 0. The molecule has 0 aromatic rings. The van der Waals surface area contributed by atoms with E-state index in [2.05, 4.69) is 0 Å². The summed E-state index contributed by atoms with van der Waals surface area (Å²) in [5.41, 5.74) is 0. The Morgan fingerprint density at radius 2 is 2.10 bits per heavy atom. The standard InChI is InChI=1S/C6H15O3P/c1-4-5-10(7,8)9-6(2)3/h6H,4-5H2,1-3H3,(H,7,8). The van der Waals surface area contributed by atoms with Crippen LogP contribution in [0, 0.1) is 0 Å². The SMILES string of the molecule is CCCP(=O)(O)OC(C)C. The van der Waals surface area contributed by atoms with Crippen molar-refractivity contribution in [3.05, 3.63) is 0 Å². The van der Waals surface area contributed by atoms with Crippen molar-refractivity contribution in [2.45, 2.75) is 33.3 Å². The minimum absolute atomic E-state index is 0.164. The van der Waals surface area contributed by atoms with Crippen molar-refractivity contribution < 1.29 is 14.0 Å². The fraction of sp³-hybridized carbons (Fsp3) is 1.00. The predicted octanol–water partition coefficient (Wildman–Crippen LogP) is 2.01. The fourth-order valence-corrected chi connectivity index (χ4v) is 1.99. The van der Waals surface area contributed by atoms with Crippen LogP contribution in [0.2, 0.25) is 0 Å². The second-order valence-corrected chi connectivity index (χ2v) is 4.45. The van der Waals surface area contributed by atoms with E-state index >= 15 is 0 Å². The number of hydrogen-bond donors (Lipinski definition) is 1. The highest BCUT2D eigenvalue weighted by Gasteiger charge is 2.18. The van der Waals surface area contributed by atoms with Crippen LogP contribution in [0.3, 0.4) is 0 Å². The molecule has 0 aromatic heterocycles. The minimum Gasteiger partial charge on any atom is -0.324 e. The van der Waals surface area contributed by atoms with Crippen LogP contribution < -0.4 is 0 Å². The smallest absolute Gasteiger partial charge is 0.324 e. The summed E-state index contributed by atoms with van der Waals surface area (Å²) in [6.45, 7) is 5.35. The Balaban J connectivity index is 3.75. The normalized spacial score (nSPS) is 17.3. The van der Waals surface area contributed by atoms with Crippen LogP contribution in [0.15, 0.2) is 0 Å². The first-order valence-corrected chi connectivity index (χ1v) is 5.24. The van der Waals surface area contributed by atoms with E-state index in [1.54, 1.807) is 13.8 Å². The van der Waals surface area contributed by atoms with Crippen molar-refractivity contribution in [3.8, 4) is 0 Å². The maximum atomic E-state index is 11.0. The van der Waals surface area contributed by atoms with Gasteiger partial charge in [-0.3, -0.25) is 4.57 Å². The Bertz CT molecular complexity index is 133. The Labute approximate surface area is 61.9 Å². The van der Waals surface area contributed by atoms with Crippen molar-refractivity contribution in [2.24, 2.45) is 0 Å². The lowest BCUT2D eigenvalue weighted by molar-refractivity contribution is 0.204. The van der Waals surface area contributed by atoms with Gasteiger partial charge in [0.15, 0.2) is 0 Å². The van der Waals surface area contributed by atoms with E-state index < -0.39 is 7.60 Å². The fourth-order valence-electron chi connectivity index (χ4n) is 0.665. The van der Waals surface area contributed by atoms with Crippen molar-refractivity contribution in [1.29, 1.82) is 0 Å². The molecule has 0 fully saturated rings. The molecule has 0 aromatic carbocycles. The van der Waals surface area contributed by atoms with Crippen LogP contribution in [0.1, 0.15) is 27.2 Å². The second kappa shape index (κ2) is 4.12. The molecule has 0 aliphatic rings. The molecule has 0 saturated heterocycles. The van der Waals surface area contributed by atoms with Crippen LogP contribution in [-0.4, -0.2) is 17.2 Å². The van der Waals surface area contributed by atoms with Crippen LogP contribution >= 0.6 is 7.60 Å². The van der Waals surface area contributed by atoms with Gasteiger partial charge in [0.25, 0.3) is 0 Å². The van der Waals surface area contributed by atoms with Gasteiger partial charge < -0.3 is 9.42 Å². The van der Waals surface area contributed by atoms with E-state index in [1.165, 1.54) is 0 Å². The number of rotatable bonds is 4. The first-order valence-electron chi connectivity index (χ1n) is 3.48. The summed E-state index contributed by atoms with van der Waals surface area (Å²) in [6, 6.07) is 0. The maximum absolute atomic E-state index is 11.0. The van der Waals surface area contributed by atoms with Crippen molar-refractivity contribution in [3.63, 3.8) is 0 Å². The Hall–Kier alpha value is 0.150. The molecule has 0 radical (unpaired) electrons. The molecule has 1 unspecified atom stereocenters. The largest absolute Gasteiger partial charge is 0.328 e. The second-order valence-electron chi connectivity index (χ2n) is 2.52. The lowest BCUT2D eigenvalue weighted by Crippen LogP contribution is -2.02. The highest BCUT2D eigenvalue weighted by atomic mass is 31.2. The molecule has 0 rings (SSSR count). The van der Waals surface area contributed by atoms with Crippen molar-refractivity contribution >= 4 is 7.60 Å². The Morgan fingerprint density at radius 1 is 1.60 bits per heavy atom. The molecule has 0 spiro atoms. The third-order valence-electron chi connectivity index (χ3n) is 0.882. The molecule has 0 aliphatic carbocycles. The quantitative estimate of drug-likeness (QED) is 0.650. The first kappa shape index (κ1) is 10.2. The Morgan fingerprint density at radius 3 is 2.40 bits per heavy atom. The van der Waals surface area contributed by atoms with E-state index in [0.717, 1.165) is 0 Å². The van der Waals surface area contributed by atoms with Gasteiger partial charge in [0.2, 0.25) is 0 Å². The van der Waals surface area contributed by atoms with Gasteiger partial charge in [0.1, 0.15) is 0 Å². The molecule has 4 heteroatoms. The van der Waals surface area contributed by atoms with Crippen molar-refractivity contribution in [2.75, 3.05) is 6.16 Å². The summed E-state index contributed by atoms with van der Waals surface area (Å²) in [5, 5.41) is 0. The van der Waals surface area contributed by atoms with Crippen LogP contribution in [0.25, 0.3) is 0 Å². The summed E-state index contributed by atoms with van der Waals surface area (Å²) in [6.07, 6.45) is 0.772. The monoisotopic (exact) mass is 166 g/mol. The molecule has 0 aliphatic heterocycles. The van der Waals surface area contributed by atoms with Gasteiger partial charge in [-0.05, 0) is 20.3 Å². The zero-order chi connectivity index (χ0) is 8.20. The molecule has 0 amide bonds. The molecular weight excluding hydrogens is 151 g/mol. The zero-order valence-corrected chi connectivity index (χ0v) is 7.60. The van der Waals surface area contributed by atoms with Crippen LogP contribution in [0.4, 0.5) is 0 Å². The van der Waals surface area contributed by atoms with Gasteiger partial charge in [0, 0.05) is 6.16 Å². The van der Waals surface area contributed by atoms with Gasteiger partial charge in [-0.2, -0.15) is 0 Å². The van der Waals surface area contributed by atoms with Gasteiger partial charge in [-0.25, -0.2) is 0 Å². The summed E-state index contributed by atoms with van der Waals surface area (Å²) in [4.78, 5) is 9.02. The first-order chi connectivity index (χ1) is 4.48. The van der Waals surface area contributed by atoms with Gasteiger partial charge in [-0.15, -0.1) is 0 Å². The molecule has 3 nitrogen and oxygen atoms in total. The lowest BCUT2D eigenvalue weighted by atomic mass is 10.5. The van der Waals surface area contributed by atoms with Gasteiger partial charge >= 0.3 is 7.60 Å². The molecule has 1 N–H and O–H groups in total. The van der Waals surface area contributed by atoms with Gasteiger partial charge in [0.05, 0.1) is 6.10 Å². The third kappa shape index (κ3) is 4.98. The molecule has 1 atom stereocenters. The van der Waals surface area contributed by atoms with Crippen LogP contribution in [0.5, 0.6) is 0 Å². The van der Waals surface area contributed by atoms with Crippen LogP contribution in [-0.2, 0) is 9.09 Å². The highest BCUT2D eigenvalue weighted by Crippen LogP contribution is 2.43. The molecular formula is C6H15O3P. The van der Waals surface area contributed by atoms with E-state index in [1.807, 2.05) is 6.92 Å². The van der Waals surface area contributed by atoms with E-state index in [-0.39, 0.29) is 12.3 Å². The highest BCUT2D eigenvalue weighted by molar-refractivity contribution is 7.52. The molecule has 62 valence electrons. The average Bonchev–Trinajstić information content (AvgIpc) is 1.59. The maximum Gasteiger partial charge on any atom is 0.328 e. The van der Waals surface area contributed by atoms with E-state index in [4.69, 9.17) is 9.42 Å². The third-order valence-corrected chi connectivity index (χ3v) is 2.65. The molecule has 0 heterocycles. The topological polar surface area (TPSA) is 46.5 Å². The van der Waals surface area contributed by atoms with Crippen molar-refractivity contribution in [1.82, 2.24) is 0 Å². The zero-order valence-electron chi connectivity index (χ0n) is 6.70. The average molecular weight is 166 g/mol. The molecule has 0 bridgehead atoms. The molecule has 10 heavy (non-hydrogen) atoms. The Kier molecular flexibility index (Phi) is 4.18. The van der Waals surface area contributed by atoms with E-state index in [9.17, 15) is 4.57 Å². The summed E-state index contributed by atoms with van der Waals surface area (Å²) in [7, 11) is -3.25. The predicted molar refractivity (Wildman–Crippen MR) is 41.2 cm³/mol. The summed E-state index contributed by atoms with van der Waals surface area (Å²) < 4.78 is 15.7. The van der Waals surface area contributed by atoms with E-state index in [0.29, 0.717) is 6.42 Å². The van der Waals surface area contributed by atoms with Gasteiger partial charge in [-0.1, -0.05) is 6.92 Å². The minimum atomic E-state index is -3.25.